The minimum absolute atomic E-state index is 0.396. The summed E-state index contributed by atoms with van der Waals surface area (Å²) in [5, 5.41) is 6.76. The molecule has 1 heterocycles. The fourth-order valence-electron chi connectivity index (χ4n) is 1.27. The summed E-state index contributed by atoms with van der Waals surface area (Å²) in [6, 6.07) is 0. The zero-order valence-electron chi connectivity index (χ0n) is 10.5. The first-order valence-electron chi connectivity index (χ1n) is 5.35. The Morgan fingerprint density at radius 1 is 1.38 bits per heavy atom. The van der Waals surface area contributed by atoms with Crippen LogP contribution in [-0.4, -0.2) is 11.7 Å². The number of nitrogens with one attached hydrogen (secondary N) is 1. The lowest BCUT2D eigenvalue weighted by Crippen LogP contribution is -2.27. The number of hydrogen-bond donors (Lipinski definition) is 1. The van der Waals surface area contributed by atoms with Gasteiger partial charge in [-0.05, 0) is 37.6 Å². The Kier molecular flexibility index (Phi) is 3.97. The molecule has 0 bridgehead atoms. The molecule has 0 fully saturated rings. The molecule has 1 N–H and O–H groups in total. The fourth-order valence-corrected chi connectivity index (χ4v) is 2.21. The van der Waals surface area contributed by atoms with E-state index in [2.05, 4.69) is 24.5 Å². The molecule has 1 amide bonds. The van der Waals surface area contributed by atoms with E-state index in [0.29, 0.717) is 5.92 Å². The number of carbonyl (C=O) groups is 1. The molecule has 0 saturated carbocycles. The third-order valence-corrected chi connectivity index (χ3v) is 2.71. The molecule has 0 aromatic carbocycles. The Morgan fingerprint density at radius 2 is 2.00 bits per heavy atom. The van der Waals surface area contributed by atoms with E-state index in [4.69, 9.17) is 4.74 Å². The molecule has 0 radical (unpaired) electrons. The van der Waals surface area contributed by atoms with Crippen molar-refractivity contribution < 1.29 is 9.53 Å². The lowest BCUT2D eigenvalue weighted by Gasteiger charge is -2.20. The molecule has 4 heteroatoms. The molecule has 16 heavy (non-hydrogen) atoms. The highest BCUT2D eigenvalue weighted by Gasteiger charge is 2.18. The van der Waals surface area contributed by atoms with Gasteiger partial charge in [0.1, 0.15) is 5.60 Å². The van der Waals surface area contributed by atoms with Crippen LogP contribution in [0.15, 0.2) is 10.8 Å². The van der Waals surface area contributed by atoms with Gasteiger partial charge in [-0.2, -0.15) is 0 Å². The third kappa shape index (κ3) is 3.85. The summed E-state index contributed by atoms with van der Waals surface area (Å²) in [4.78, 5) is 11.6. The quantitative estimate of drug-likeness (QED) is 0.842. The van der Waals surface area contributed by atoms with E-state index < -0.39 is 11.7 Å². The standard InChI is InChI=1S/C12H19NO2S/c1-8(2)9-6-16-7-10(9)13-11(14)15-12(3,4)5/h6-8H,1-5H3,(H,13,14). The van der Waals surface area contributed by atoms with Crippen molar-refractivity contribution in [1.29, 1.82) is 0 Å². The van der Waals surface area contributed by atoms with Crippen LogP contribution in [0.4, 0.5) is 10.5 Å². The summed E-state index contributed by atoms with van der Waals surface area (Å²) < 4.78 is 5.20. The van der Waals surface area contributed by atoms with Crippen LogP contribution in [0.5, 0.6) is 0 Å². The van der Waals surface area contributed by atoms with E-state index in [0.717, 1.165) is 11.3 Å². The number of ether oxygens (including phenoxy) is 1. The minimum atomic E-state index is -0.460. The first-order chi connectivity index (χ1) is 7.29. The molecule has 0 saturated heterocycles. The predicted octanol–water partition coefficient (Wildman–Crippen LogP) is 4.22. The van der Waals surface area contributed by atoms with E-state index in [1.165, 1.54) is 0 Å². The lowest BCUT2D eigenvalue weighted by molar-refractivity contribution is 0.0636. The van der Waals surface area contributed by atoms with Crippen LogP contribution in [0.3, 0.4) is 0 Å². The van der Waals surface area contributed by atoms with Crippen molar-refractivity contribution in [1.82, 2.24) is 0 Å². The Morgan fingerprint density at radius 3 is 2.50 bits per heavy atom. The van der Waals surface area contributed by atoms with Crippen molar-refractivity contribution in [2.75, 3.05) is 5.32 Å². The average molecular weight is 241 g/mol. The van der Waals surface area contributed by atoms with Gasteiger partial charge in [0.25, 0.3) is 0 Å². The maximum absolute atomic E-state index is 11.6. The summed E-state index contributed by atoms with van der Waals surface area (Å²) >= 11 is 1.58. The summed E-state index contributed by atoms with van der Waals surface area (Å²) in [7, 11) is 0. The van der Waals surface area contributed by atoms with Crippen LogP contribution >= 0.6 is 11.3 Å². The molecular formula is C12H19NO2S. The largest absolute Gasteiger partial charge is 0.444 e. The Hall–Kier alpha value is -1.03. The molecule has 0 aliphatic heterocycles. The van der Waals surface area contributed by atoms with Crippen LogP contribution < -0.4 is 5.32 Å². The second-order valence-electron chi connectivity index (χ2n) is 5.02. The second kappa shape index (κ2) is 4.87. The zero-order valence-corrected chi connectivity index (χ0v) is 11.3. The van der Waals surface area contributed by atoms with Crippen LogP contribution in [-0.2, 0) is 4.74 Å². The highest BCUT2D eigenvalue weighted by Crippen LogP contribution is 2.28. The first-order valence-corrected chi connectivity index (χ1v) is 6.30. The van der Waals surface area contributed by atoms with Crippen molar-refractivity contribution in [2.45, 2.75) is 46.1 Å². The summed E-state index contributed by atoms with van der Waals surface area (Å²) in [6.07, 6.45) is -0.396. The number of anilines is 1. The third-order valence-electron chi connectivity index (χ3n) is 1.95. The Labute approximate surface area is 101 Å². The van der Waals surface area contributed by atoms with Crippen molar-refractivity contribution in [3.63, 3.8) is 0 Å². The van der Waals surface area contributed by atoms with E-state index in [1.807, 2.05) is 26.2 Å². The molecule has 0 aliphatic rings. The zero-order chi connectivity index (χ0) is 12.3. The van der Waals surface area contributed by atoms with Crippen molar-refractivity contribution >= 4 is 23.1 Å². The monoisotopic (exact) mass is 241 g/mol. The molecule has 0 aliphatic carbocycles. The van der Waals surface area contributed by atoms with Crippen LogP contribution in [0.2, 0.25) is 0 Å². The molecule has 1 rings (SSSR count). The molecular weight excluding hydrogens is 222 g/mol. The van der Waals surface area contributed by atoms with Crippen molar-refractivity contribution in [3.8, 4) is 0 Å². The Balaban J connectivity index is 2.67. The van der Waals surface area contributed by atoms with E-state index >= 15 is 0 Å². The maximum atomic E-state index is 11.6. The van der Waals surface area contributed by atoms with E-state index in [9.17, 15) is 4.79 Å². The van der Waals surface area contributed by atoms with Gasteiger partial charge in [0.15, 0.2) is 0 Å². The van der Waals surface area contributed by atoms with Crippen LogP contribution in [0.1, 0.15) is 46.1 Å². The van der Waals surface area contributed by atoms with Gasteiger partial charge in [0.2, 0.25) is 0 Å². The Bertz CT molecular complexity index is 363. The molecule has 0 unspecified atom stereocenters. The number of rotatable bonds is 2. The van der Waals surface area contributed by atoms with Gasteiger partial charge in [0.05, 0.1) is 5.69 Å². The normalized spacial score (nSPS) is 11.6. The van der Waals surface area contributed by atoms with E-state index in [1.54, 1.807) is 11.3 Å². The molecule has 0 spiro atoms. The van der Waals surface area contributed by atoms with Crippen molar-refractivity contribution in [2.24, 2.45) is 0 Å². The first kappa shape index (κ1) is 13.0. The second-order valence-corrected chi connectivity index (χ2v) is 5.77. The van der Waals surface area contributed by atoms with Gasteiger partial charge < -0.3 is 4.74 Å². The molecule has 1 aromatic rings. The smallest absolute Gasteiger partial charge is 0.412 e. The molecule has 90 valence electrons. The average Bonchev–Trinajstić information content (AvgIpc) is 2.47. The lowest BCUT2D eigenvalue weighted by atomic mass is 10.1. The van der Waals surface area contributed by atoms with Gasteiger partial charge in [-0.1, -0.05) is 13.8 Å². The highest BCUT2D eigenvalue weighted by atomic mass is 32.1. The molecule has 1 aromatic heterocycles. The summed E-state index contributed by atoms with van der Waals surface area (Å²) in [6.45, 7) is 9.75. The molecule has 0 atom stereocenters. The SMILES string of the molecule is CC(C)c1cscc1NC(=O)OC(C)(C)C. The van der Waals surface area contributed by atoms with Gasteiger partial charge in [0, 0.05) is 5.38 Å². The van der Waals surface area contributed by atoms with Gasteiger partial charge >= 0.3 is 6.09 Å². The number of hydrogen-bond acceptors (Lipinski definition) is 3. The number of thiophene rings is 1. The topological polar surface area (TPSA) is 38.3 Å². The minimum Gasteiger partial charge on any atom is -0.444 e. The van der Waals surface area contributed by atoms with Gasteiger partial charge in [-0.15, -0.1) is 11.3 Å². The van der Waals surface area contributed by atoms with Crippen LogP contribution in [0.25, 0.3) is 0 Å². The summed E-state index contributed by atoms with van der Waals surface area (Å²) in [5.74, 6) is 0.399. The predicted molar refractivity (Wildman–Crippen MR) is 68.3 cm³/mol. The highest BCUT2D eigenvalue weighted by molar-refractivity contribution is 7.08. The number of amides is 1. The number of carbonyl (C=O) groups excluding carboxylic acids is 1. The van der Waals surface area contributed by atoms with Crippen molar-refractivity contribution in [3.05, 3.63) is 16.3 Å². The van der Waals surface area contributed by atoms with Gasteiger partial charge in [-0.3, -0.25) is 5.32 Å². The van der Waals surface area contributed by atoms with Gasteiger partial charge in [-0.25, -0.2) is 4.79 Å². The van der Waals surface area contributed by atoms with Crippen LogP contribution in [0, 0.1) is 0 Å². The fraction of sp³-hybridized carbons (Fsp3) is 0.583. The summed E-state index contributed by atoms with van der Waals surface area (Å²) in [5.41, 5.74) is 1.54. The maximum Gasteiger partial charge on any atom is 0.412 e. The molecule has 3 nitrogen and oxygen atoms in total. The van der Waals surface area contributed by atoms with E-state index in [-0.39, 0.29) is 0 Å².